The number of para-hydroxylation sites is 1. The van der Waals surface area contributed by atoms with Gasteiger partial charge in [-0.15, -0.1) is 0 Å². The minimum absolute atomic E-state index is 0.203. The van der Waals surface area contributed by atoms with E-state index in [4.69, 9.17) is 9.47 Å². The summed E-state index contributed by atoms with van der Waals surface area (Å²) in [5.41, 5.74) is 1.12. The fraction of sp³-hybridized carbons (Fsp3) is 0.278. The molecule has 0 radical (unpaired) electrons. The first kappa shape index (κ1) is 18.1. The van der Waals surface area contributed by atoms with Crippen LogP contribution in [-0.4, -0.2) is 34.6 Å². The third kappa shape index (κ3) is 4.08. The van der Waals surface area contributed by atoms with Crippen molar-refractivity contribution >= 4 is 28.2 Å². The first-order valence-corrected chi connectivity index (χ1v) is 9.41. The maximum Gasteiger partial charge on any atom is 0.338 e. The van der Waals surface area contributed by atoms with E-state index in [2.05, 4.69) is 9.62 Å². The monoisotopic (exact) mass is 376 g/mol. The van der Waals surface area contributed by atoms with E-state index in [0.717, 1.165) is 25.9 Å². The molecule has 7 nitrogen and oxygen atoms in total. The number of rotatable bonds is 6. The van der Waals surface area contributed by atoms with Gasteiger partial charge in [0.25, 0.3) is 0 Å². The van der Waals surface area contributed by atoms with Crippen molar-refractivity contribution in [1.29, 1.82) is 0 Å². The van der Waals surface area contributed by atoms with Crippen LogP contribution in [-0.2, 0) is 15.6 Å². The Morgan fingerprint density at radius 3 is 2.42 bits per heavy atom. The predicted molar refractivity (Wildman–Crippen MR) is 99.7 cm³/mol. The van der Waals surface area contributed by atoms with Crippen LogP contribution in [0.25, 0.3) is 0 Å². The molecule has 1 aliphatic rings. The van der Waals surface area contributed by atoms with Crippen molar-refractivity contribution in [3.63, 3.8) is 0 Å². The Hall–Kier alpha value is -2.74. The van der Waals surface area contributed by atoms with E-state index < -0.39 is 16.9 Å². The second-order valence-electron chi connectivity index (χ2n) is 5.84. The van der Waals surface area contributed by atoms with E-state index in [1.807, 2.05) is 18.2 Å². The third-order valence-corrected chi connectivity index (χ3v) is 4.54. The SMILES string of the molecule is COC(=O)c1cc(N[SH](=O)=O)c(Oc2ccccc2)c(N2CCCC2)c1. The van der Waals surface area contributed by atoms with Gasteiger partial charge in [-0.05, 0) is 37.1 Å². The molecular formula is C18H20N2O5S. The van der Waals surface area contributed by atoms with Gasteiger partial charge in [0.1, 0.15) is 5.75 Å². The van der Waals surface area contributed by atoms with Gasteiger partial charge >= 0.3 is 5.97 Å². The summed E-state index contributed by atoms with van der Waals surface area (Å²) >= 11 is 0. The highest BCUT2D eigenvalue weighted by Crippen LogP contribution is 2.41. The number of esters is 1. The summed E-state index contributed by atoms with van der Waals surface area (Å²) in [7, 11) is -1.64. The Labute approximate surface area is 153 Å². The van der Waals surface area contributed by atoms with E-state index >= 15 is 0 Å². The predicted octanol–water partition coefficient (Wildman–Crippen LogP) is 2.80. The lowest BCUT2D eigenvalue weighted by Crippen LogP contribution is -2.20. The lowest BCUT2D eigenvalue weighted by Gasteiger charge is -2.24. The number of thiol groups is 1. The zero-order chi connectivity index (χ0) is 18.5. The van der Waals surface area contributed by atoms with Crippen LogP contribution >= 0.6 is 0 Å². The molecule has 8 heteroatoms. The lowest BCUT2D eigenvalue weighted by atomic mass is 10.1. The molecule has 138 valence electrons. The molecule has 2 aromatic carbocycles. The number of anilines is 2. The molecule has 26 heavy (non-hydrogen) atoms. The van der Waals surface area contributed by atoms with Gasteiger partial charge in [0.05, 0.1) is 24.0 Å². The Morgan fingerprint density at radius 2 is 1.81 bits per heavy atom. The number of carbonyl (C=O) groups excluding carboxylic acids is 1. The lowest BCUT2D eigenvalue weighted by molar-refractivity contribution is 0.0601. The van der Waals surface area contributed by atoms with Crippen LogP contribution in [0, 0.1) is 0 Å². The van der Waals surface area contributed by atoms with Crippen molar-refractivity contribution in [1.82, 2.24) is 0 Å². The summed E-state index contributed by atoms with van der Waals surface area (Å²) < 4.78 is 35.8. The van der Waals surface area contributed by atoms with Gasteiger partial charge in [0.2, 0.25) is 10.9 Å². The summed E-state index contributed by atoms with van der Waals surface area (Å²) in [6.07, 6.45) is 2.04. The van der Waals surface area contributed by atoms with Gasteiger partial charge < -0.3 is 14.4 Å². The van der Waals surface area contributed by atoms with Gasteiger partial charge in [-0.2, -0.15) is 0 Å². The molecule has 0 aromatic heterocycles. The minimum atomic E-state index is -2.93. The maximum atomic E-state index is 12.0. The first-order valence-electron chi connectivity index (χ1n) is 8.23. The van der Waals surface area contributed by atoms with Crippen LogP contribution in [0.1, 0.15) is 23.2 Å². The molecule has 1 aliphatic heterocycles. The standard InChI is InChI=1S/C18H20N2O5S/c1-24-18(21)13-11-15(19-26(22)23)17(25-14-7-3-2-4-8-14)16(12-13)20-9-5-6-10-20/h2-4,7-8,11-12,26H,5-6,9-10H2,1H3,(H,19,22,23). The highest BCUT2D eigenvalue weighted by atomic mass is 32.2. The molecule has 0 amide bonds. The number of carbonyl (C=O) groups is 1. The van der Waals surface area contributed by atoms with E-state index in [1.165, 1.54) is 13.2 Å². The minimum Gasteiger partial charge on any atom is -0.465 e. The Balaban J connectivity index is 2.14. The number of hydrogen-bond donors (Lipinski definition) is 2. The van der Waals surface area contributed by atoms with Crippen molar-refractivity contribution in [2.75, 3.05) is 29.8 Å². The Kier molecular flexibility index (Phi) is 5.62. The molecule has 0 saturated carbocycles. The van der Waals surface area contributed by atoms with Gasteiger partial charge in [-0.3, -0.25) is 4.72 Å². The smallest absolute Gasteiger partial charge is 0.338 e. The number of hydrogen-bond acceptors (Lipinski definition) is 6. The summed E-state index contributed by atoms with van der Waals surface area (Å²) in [6.45, 7) is 1.61. The highest BCUT2D eigenvalue weighted by Gasteiger charge is 2.23. The molecule has 1 heterocycles. The van der Waals surface area contributed by atoms with Crippen LogP contribution in [0.2, 0.25) is 0 Å². The van der Waals surface area contributed by atoms with Crippen molar-refractivity contribution < 1.29 is 22.7 Å². The molecule has 1 fully saturated rings. The van der Waals surface area contributed by atoms with Crippen LogP contribution in [0.4, 0.5) is 11.4 Å². The third-order valence-electron chi connectivity index (χ3n) is 4.11. The van der Waals surface area contributed by atoms with Gasteiger partial charge in [-0.25, -0.2) is 13.2 Å². The summed E-state index contributed by atoms with van der Waals surface area (Å²) in [6, 6.07) is 12.2. The molecule has 2 aromatic rings. The van der Waals surface area contributed by atoms with E-state index in [0.29, 0.717) is 17.2 Å². The largest absolute Gasteiger partial charge is 0.465 e. The number of ether oxygens (including phenoxy) is 2. The summed E-state index contributed by atoms with van der Waals surface area (Å²) in [5.74, 6) is 0.397. The zero-order valence-electron chi connectivity index (χ0n) is 14.3. The van der Waals surface area contributed by atoms with Crippen molar-refractivity contribution in [3.8, 4) is 11.5 Å². The first-order chi connectivity index (χ1) is 12.6. The Morgan fingerprint density at radius 1 is 1.12 bits per heavy atom. The molecule has 1 N–H and O–H groups in total. The van der Waals surface area contributed by atoms with Crippen molar-refractivity contribution in [3.05, 3.63) is 48.0 Å². The van der Waals surface area contributed by atoms with Crippen LogP contribution < -0.4 is 14.4 Å². The van der Waals surface area contributed by atoms with E-state index in [-0.39, 0.29) is 11.3 Å². The quantitative estimate of drug-likeness (QED) is 0.596. The molecule has 0 aliphatic carbocycles. The number of methoxy groups -OCH3 is 1. The van der Waals surface area contributed by atoms with Crippen LogP contribution in [0.3, 0.4) is 0 Å². The van der Waals surface area contributed by atoms with E-state index in [9.17, 15) is 13.2 Å². The number of nitrogens with one attached hydrogen (secondary N) is 1. The number of benzene rings is 2. The second-order valence-corrected chi connectivity index (χ2v) is 6.58. The molecule has 1 saturated heterocycles. The summed E-state index contributed by atoms with van der Waals surface area (Å²) in [5, 5.41) is 0. The van der Waals surface area contributed by atoms with Crippen LogP contribution in [0.5, 0.6) is 11.5 Å². The molecule has 3 rings (SSSR count). The highest BCUT2D eigenvalue weighted by molar-refractivity contribution is 7.73. The molecule has 0 atom stereocenters. The fourth-order valence-corrected chi connectivity index (χ4v) is 3.30. The topological polar surface area (TPSA) is 84.9 Å². The zero-order valence-corrected chi connectivity index (χ0v) is 15.2. The average molecular weight is 376 g/mol. The second kappa shape index (κ2) is 8.09. The molecule has 0 unspecified atom stereocenters. The van der Waals surface area contributed by atoms with Gasteiger partial charge in [0.15, 0.2) is 5.75 Å². The molecule has 0 bridgehead atoms. The summed E-state index contributed by atoms with van der Waals surface area (Å²) in [4.78, 5) is 14.1. The normalized spacial score (nSPS) is 13.7. The van der Waals surface area contributed by atoms with Gasteiger partial charge in [-0.1, -0.05) is 18.2 Å². The average Bonchev–Trinajstić information content (AvgIpc) is 3.17. The fourth-order valence-electron chi connectivity index (χ4n) is 2.94. The van der Waals surface area contributed by atoms with Crippen molar-refractivity contribution in [2.24, 2.45) is 0 Å². The van der Waals surface area contributed by atoms with Crippen molar-refractivity contribution in [2.45, 2.75) is 12.8 Å². The Bertz CT molecular complexity index is 853. The van der Waals surface area contributed by atoms with E-state index in [1.54, 1.807) is 18.2 Å². The maximum absolute atomic E-state index is 12.0. The van der Waals surface area contributed by atoms with Gasteiger partial charge in [0, 0.05) is 13.1 Å². The molecule has 0 spiro atoms. The molecular weight excluding hydrogens is 356 g/mol. The van der Waals surface area contributed by atoms with Crippen LogP contribution in [0.15, 0.2) is 42.5 Å². The number of nitrogens with zero attached hydrogens (tertiary/aromatic N) is 1.